The molecule has 1 saturated carbocycles. The highest BCUT2D eigenvalue weighted by molar-refractivity contribution is 6.00. The first-order valence-electron chi connectivity index (χ1n) is 8.01. The Bertz CT molecular complexity index is 871. The van der Waals surface area contributed by atoms with Gasteiger partial charge in [-0.25, -0.2) is 9.50 Å². The second kappa shape index (κ2) is 5.92. The molecule has 0 radical (unpaired) electrons. The number of fused-ring (bicyclic) bond motifs is 1. The lowest BCUT2D eigenvalue weighted by molar-refractivity contribution is 0.0918. The maximum absolute atomic E-state index is 12.4. The second-order valence-corrected chi connectivity index (χ2v) is 5.98. The van der Waals surface area contributed by atoms with E-state index in [1.807, 2.05) is 36.3 Å². The number of rotatable bonds is 4. The van der Waals surface area contributed by atoms with E-state index in [4.69, 9.17) is 0 Å². The maximum Gasteiger partial charge on any atom is 0.256 e. The average Bonchev–Trinajstić information content (AvgIpc) is 3.01. The van der Waals surface area contributed by atoms with Gasteiger partial charge in [0.1, 0.15) is 11.4 Å². The van der Waals surface area contributed by atoms with Gasteiger partial charge in [0, 0.05) is 25.5 Å². The number of nitrogens with zero attached hydrogens (tertiary/aromatic N) is 5. The van der Waals surface area contributed by atoms with Crippen LogP contribution in [-0.2, 0) is 0 Å². The Morgan fingerprint density at radius 2 is 2.21 bits per heavy atom. The Morgan fingerprint density at radius 3 is 2.92 bits per heavy atom. The van der Waals surface area contributed by atoms with Crippen LogP contribution < -0.4 is 10.2 Å². The van der Waals surface area contributed by atoms with Gasteiger partial charge in [-0.1, -0.05) is 0 Å². The van der Waals surface area contributed by atoms with Crippen LogP contribution in [0.15, 0.2) is 43.0 Å². The van der Waals surface area contributed by atoms with E-state index >= 15 is 0 Å². The molecule has 1 amide bonds. The zero-order valence-electron chi connectivity index (χ0n) is 13.4. The lowest BCUT2D eigenvalue weighted by Crippen LogP contribution is -2.39. The molecule has 0 unspecified atom stereocenters. The second-order valence-electron chi connectivity index (χ2n) is 5.98. The van der Waals surface area contributed by atoms with Crippen LogP contribution in [0.2, 0.25) is 0 Å². The lowest BCUT2D eigenvalue weighted by Gasteiger charge is -2.26. The highest BCUT2D eigenvalue weighted by Gasteiger charge is 2.22. The molecule has 0 atom stereocenters. The summed E-state index contributed by atoms with van der Waals surface area (Å²) in [7, 11) is 1.92. The summed E-state index contributed by atoms with van der Waals surface area (Å²) in [6.07, 6.45) is 10.2. The van der Waals surface area contributed by atoms with Crippen LogP contribution in [-0.4, -0.2) is 38.6 Å². The Labute approximate surface area is 139 Å². The predicted molar refractivity (Wildman–Crippen MR) is 90.4 cm³/mol. The smallest absolute Gasteiger partial charge is 0.256 e. The number of amides is 1. The summed E-state index contributed by atoms with van der Waals surface area (Å²) in [5.41, 5.74) is 1.98. The minimum absolute atomic E-state index is 0.108. The van der Waals surface area contributed by atoms with E-state index in [1.54, 1.807) is 23.1 Å². The Hall–Kier alpha value is -2.96. The quantitative estimate of drug-likeness (QED) is 0.797. The van der Waals surface area contributed by atoms with Gasteiger partial charge in [0.15, 0.2) is 5.65 Å². The number of pyridine rings is 1. The maximum atomic E-state index is 12.4. The number of carbonyl (C=O) groups is 1. The fraction of sp³-hybridized carbons (Fsp3) is 0.294. The van der Waals surface area contributed by atoms with Crippen molar-refractivity contribution in [3.8, 4) is 0 Å². The van der Waals surface area contributed by atoms with Crippen LogP contribution in [0.25, 0.3) is 5.65 Å². The summed E-state index contributed by atoms with van der Waals surface area (Å²) in [6, 6.07) is 5.98. The first kappa shape index (κ1) is 14.6. The average molecular weight is 322 g/mol. The molecule has 1 N–H and O–H groups in total. The van der Waals surface area contributed by atoms with Gasteiger partial charge in [0.2, 0.25) is 0 Å². The molecule has 1 aliphatic rings. The molecule has 1 fully saturated rings. The first-order chi connectivity index (χ1) is 11.7. The van der Waals surface area contributed by atoms with Gasteiger partial charge < -0.3 is 10.2 Å². The van der Waals surface area contributed by atoms with Crippen molar-refractivity contribution in [2.24, 2.45) is 0 Å². The molecule has 0 bridgehead atoms. The van der Waals surface area contributed by atoms with Gasteiger partial charge in [-0.3, -0.25) is 9.78 Å². The first-order valence-corrected chi connectivity index (χ1v) is 8.01. The molecule has 3 aromatic heterocycles. The van der Waals surface area contributed by atoms with Gasteiger partial charge in [0.05, 0.1) is 18.1 Å². The number of hydrogen-bond acceptors (Lipinski definition) is 5. The zero-order chi connectivity index (χ0) is 16.5. The van der Waals surface area contributed by atoms with Crippen molar-refractivity contribution in [1.29, 1.82) is 0 Å². The van der Waals surface area contributed by atoms with Crippen molar-refractivity contribution in [3.05, 3.63) is 48.5 Å². The van der Waals surface area contributed by atoms with Crippen LogP contribution in [0, 0.1) is 0 Å². The van der Waals surface area contributed by atoms with E-state index in [0.717, 1.165) is 24.3 Å². The minimum atomic E-state index is -0.108. The van der Waals surface area contributed by atoms with Gasteiger partial charge in [-0.2, -0.15) is 5.10 Å². The van der Waals surface area contributed by atoms with Gasteiger partial charge >= 0.3 is 0 Å². The zero-order valence-corrected chi connectivity index (χ0v) is 13.4. The van der Waals surface area contributed by atoms with E-state index in [2.05, 4.69) is 20.4 Å². The van der Waals surface area contributed by atoms with Gasteiger partial charge in [-0.05, 0) is 37.5 Å². The van der Waals surface area contributed by atoms with Crippen molar-refractivity contribution in [1.82, 2.24) is 24.9 Å². The van der Waals surface area contributed by atoms with Gasteiger partial charge in [-0.15, -0.1) is 0 Å². The highest BCUT2D eigenvalue weighted by Crippen LogP contribution is 2.22. The molecular weight excluding hydrogens is 304 g/mol. The van der Waals surface area contributed by atoms with Crippen LogP contribution in [0.4, 0.5) is 11.5 Å². The van der Waals surface area contributed by atoms with E-state index < -0.39 is 0 Å². The van der Waals surface area contributed by atoms with Crippen molar-refractivity contribution in [2.75, 3.05) is 11.9 Å². The van der Waals surface area contributed by atoms with Crippen LogP contribution in [0.5, 0.6) is 0 Å². The topological polar surface area (TPSA) is 75.4 Å². The summed E-state index contributed by atoms with van der Waals surface area (Å²) in [4.78, 5) is 23.1. The number of aromatic nitrogens is 4. The Kier molecular flexibility index (Phi) is 3.60. The molecule has 1 aliphatic carbocycles. The molecule has 0 aliphatic heterocycles. The van der Waals surface area contributed by atoms with Crippen LogP contribution in [0.3, 0.4) is 0 Å². The molecule has 4 rings (SSSR count). The molecular formula is C17H18N6O. The normalized spacial score (nSPS) is 14.4. The molecule has 7 nitrogen and oxygen atoms in total. The lowest BCUT2D eigenvalue weighted by atomic mass is 9.93. The van der Waals surface area contributed by atoms with Crippen molar-refractivity contribution >= 4 is 23.1 Å². The van der Waals surface area contributed by atoms with E-state index in [0.29, 0.717) is 11.2 Å². The Balaban J connectivity index is 1.66. The molecule has 24 heavy (non-hydrogen) atoms. The highest BCUT2D eigenvalue weighted by atomic mass is 16.1. The van der Waals surface area contributed by atoms with E-state index in [-0.39, 0.29) is 11.9 Å². The third-order valence-corrected chi connectivity index (χ3v) is 4.42. The monoisotopic (exact) mass is 322 g/mol. The number of nitrogens with one attached hydrogen (secondary N) is 1. The van der Waals surface area contributed by atoms with Crippen molar-refractivity contribution in [2.45, 2.75) is 25.3 Å². The summed E-state index contributed by atoms with van der Waals surface area (Å²) in [6.45, 7) is 0. The van der Waals surface area contributed by atoms with Gasteiger partial charge in [0.25, 0.3) is 5.91 Å². The molecule has 0 saturated heterocycles. The fourth-order valence-corrected chi connectivity index (χ4v) is 2.71. The largest absolute Gasteiger partial charge is 0.349 e. The summed E-state index contributed by atoms with van der Waals surface area (Å²) in [5.74, 6) is 0.622. The number of carbonyl (C=O) groups excluding carboxylic acids is 1. The molecule has 122 valence electrons. The fourth-order valence-electron chi connectivity index (χ4n) is 2.71. The molecule has 0 aromatic carbocycles. The van der Waals surface area contributed by atoms with Crippen LogP contribution in [0.1, 0.15) is 29.6 Å². The molecule has 0 spiro atoms. The summed E-state index contributed by atoms with van der Waals surface area (Å²) < 4.78 is 1.62. The Morgan fingerprint density at radius 1 is 1.33 bits per heavy atom. The third kappa shape index (κ3) is 2.58. The summed E-state index contributed by atoms with van der Waals surface area (Å²) >= 11 is 0. The predicted octanol–water partition coefficient (Wildman–Crippen LogP) is 2.17. The molecule has 3 heterocycles. The standard InChI is InChI=1S/C17H18N6O/c1-22(13-6-3-8-18-10-13)15-7-9-23-16(21-15)14(11-19-23)17(24)20-12-4-2-5-12/h3,6-12H,2,4-5H2,1H3,(H,20,24). The molecule has 7 heteroatoms. The minimum Gasteiger partial charge on any atom is -0.349 e. The third-order valence-electron chi connectivity index (χ3n) is 4.42. The molecule has 3 aromatic rings. The van der Waals surface area contributed by atoms with Crippen molar-refractivity contribution < 1.29 is 4.79 Å². The van der Waals surface area contributed by atoms with E-state index in [1.165, 1.54) is 6.42 Å². The number of anilines is 2. The summed E-state index contributed by atoms with van der Waals surface area (Å²) in [5, 5.41) is 7.26. The van der Waals surface area contributed by atoms with Crippen molar-refractivity contribution in [3.63, 3.8) is 0 Å². The van der Waals surface area contributed by atoms with Crippen LogP contribution >= 0.6 is 0 Å². The van der Waals surface area contributed by atoms with E-state index in [9.17, 15) is 4.79 Å². The SMILES string of the molecule is CN(c1cccnc1)c1ccn2ncc(C(=O)NC3CCC3)c2n1. The number of hydrogen-bond donors (Lipinski definition) is 1.